The number of hydrogen-bond acceptors (Lipinski definition) is 4. The summed E-state index contributed by atoms with van der Waals surface area (Å²) < 4.78 is 52.5. The normalized spacial score (nSPS) is 11.1. The van der Waals surface area contributed by atoms with Crippen LogP contribution in [0.15, 0.2) is 47.4 Å². The predicted molar refractivity (Wildman–Crippen MR) is 79.3 cm³/mol. The number of hydrogen-bond donors (Lipinski definition) is 3. The van der Waals surface area contributed by atoms with E-state index in [-0.39, 0.29) is 11.4 Å². The zero-order valence-corrected chi connectivity index (χ0v) is 12.4. The first-order valence-electron chi connectivity index (χ1n) is 6.30. The summed E-state index contributed by atoms with van der Waals surface area (Å²) in [6.07, 6.45) is 0. The van der Waals surface area contributed by atoms with Crippen LogP contribution >= 0.6 is 0 Å². The number of carbonyl (C=O) groups excluding carboxylic acids is 1. The number of aliphatic hydroxyl groups excluding tert-OH is 1. The number of rotatable bonds is 5. The lowest BCUT2D eigenvalue weighted by Crippen LogP contribution is -2.16. The van der Waals surface area contributed by atoms with E-state index in [1.807, 2.05) is 0 Å². The molecule has 0 aliphatic carbocycles. The summed E-state index contributed by atoms with van der Waals surface area (Å²) in [6, 6.07) is 7.88. The van der Waals surface area contributed by atoms with E-state index in [0.717, 1.165) is 6.07 Å². The Morgan fingerprint density at radius 1 is 1.04 bits per heavy atom. The van der Waals surface area contributed by atoms with Crippen molar-refractivity contribution in [2.75, 3.05) is 16.6 Å². The molecule has 0 bridgehead atoms. The third kappa shape index (κ3) is 4.24. The van der Waals surface area contributed by atoms with Gasteiger partial charge < -0.3 is 10.4 Å². The average molecular weight is 342 g/mol. The minimum atomic E-state index is -4.12. The fourth-order valence-electron chi connectivity index (χ4n) is 1.72. The number of halogens is 2. The molecule has 0 fully saturated rings. The molecule has 6 nitrogen and oxygen atoms in total. The second-order valence-corrected chi connectivity index (χ2v) is 6.15. The zero-order chi connectivity index (χ0) is 17.0. The molecule has 0 aromatic heterocycles. The molecule has 0 aliphatic heterocycles. The van der Waals surface area contributed by atoms with Crippen molar-refractivity contribution in [2.24, 2.45) is 0 Å². The van der Waals surface area contributed by atoms with Crippen LogP contribution < -0.4 is 10.0 Å². The Hall–Kier alpha value is -2.52. The lowest BCUT2D eigenvalue weighted by molar-refractivity contribution is -0.118. The van der Waals surface area contributed by atoms with Gasteiger partial charge in [0.1, 0.15) is 6.61 Å². The van der Waals surface area contributed by atoms with Gasteiger partial charge in [-0.05, 0) is 36.4 Å². The molecule has 0 aliphatic rings. The molecular formula is C14H12F2N2O4S. The molecule has 0 unspecified atom stereocenters. The quantitative estimate of drug-likeness (QED) is 0.771. The highest BCUT2D eigenvalue weighted by atomic mass is 32.2. The smallest absolute Gasteiger partial charge is 0.262 e. The molecule has 2 rings (SSSR count). The van der Waals surface area contributed by atoms with Gasteiger partial charge in [0, 0.05) is 5.69 Å². The van der Waals surface area contributed by atoms with Crippen molar-refractivity contribution in [3.05, 3.63) is 54.1 Å². The summed E-state index contributed by atoms with van der Waals surface area (Å²) in [5.41, 5.74) is 0.361. The molecule has 9 heteroatoms. The van der Waals surface area contributed by atoms with Crippen molar-refractivity contribution in [1.29, 1.82) is 0 Å². The van der Waals surface area contributed by atoms with Gasteiger partial charge in [0.15, 0.2) is 11.6 Å². The summed E-state index contributed by atoms with van der Waals surface area (Å²) in [7, 11) is -4.12. The van der Waals surface area contributed by atoms with Crippen LogP contribution in [0, 0.1) is 11.6 Å². The first kappa shape index (κ1) is 16.8. The number of sulfonamides is 1. The van der Waals surface area contributed by atoms with E-state index in [9.17, 15) is 22.0 Å². The van der Waals surface area contributed by atoms with Gasteiger partial charge in [-0.3, -0.25) is 9.52 Å². The average Bonchev–Trinajstić information content (AvgIpc) is 2.49. The molecule has 1 amide bonds. The molecule has 0 heterocycles. The Labute approximate surface area is 130 Å². The van der Waals surface area contributed by atoms with E-state index in [1.54, 1.807) is 0 Å². The maximum Gasteiger partial charge on any atom is 0.262 e. The van der Waals surface area contributed by atoms with Gasteiger partial charge in [0.05, 0.1) is 10.6 Å². The Bertz CT molecular complexity index is 840. The van der Waals surface area contributed by atoms with Crippen molar-refractivity contribution in [1.82, 2.24) is 0 Å². The highest BCUT2D eigenvalue weighted by Crippen LogP contribution is 2.20. The summed E-state index contributed by atoms with van der Waals surface area (Å²) in [5, 5.41) is 11.0. The Kier molecular flexibility index (Phi) is 4.92. The van der Waals surface area contributed by atoms with Crippen molar-refractivity contribution in [2.45, 2.75) is 4.90 Å². The molecule has 23 heavy (non-hydrogen) atoms. The minimum absolute atomic E-state index is 0.102. The fourth-order valence-corrected chi connectivity index (χ4v) is 2.78. The molecular weight excluding hydrogens is 330 g/mol. The van der Waals surface area contributed by atoms with Gasteiger partial charge in [-0.25, -0.2) is 17.2 Å². The van der Waals surface area contributed by atoms with E-state index in [2.05, 4.69) is 10.0 Å². The van der Waals surface area contributed by atoms with Crippen molar-refractivity contribution < 1.29 is 27.1 Å². The van der Waals surface area contributed by atoms with E-state index in [4.69, 9.17) is 5.11 Å². The molecule has 0 atom stereocenters. The van der Waals surface area contributed by atoms with Gasteiger partial charge in [0.2, 0.25) is 5.91 Å². The third-order valence-corrected chi connectivity index (χ3v) is 4.12. The number of aliphatic hydroxyl groups is 1. The standard InChI is InChI=1S/C14H12F2N2O4S/c15-12-5-4-11(7-13(12)16)23(21,22)18-10-3-1-2-9(6-10)17-14(20)8-19/h1-7,18-19H,8H2,(H,17,20). The molecule has 0 spiro atoms. The second-order valence-electron chi connectivity index (χ2n) is 4.47. The van der Waals surface area contributed by atoms with Crippen LogP contribution in [0.2, 0.25) is 0 Å². The Balaban J connectivity index is 2.25. The molecule has 0 saturated carbocycles. The highest BCUT2D eigenvalue weighted by molar-refractivity contribution is 7.92. The predicted octanol–water partition coefficient (Wildman–Crippen LogP) is 1.70. The monoisotopic (exact) mass is 342 g/mol. The number of benzene rings is 2. The van der Waals surface area contributed by atoms with E-state index in [0.29, 0.717) is 12.1 Å². The van der Waals surface area contributed by atoms with Gasteiger partial charge in [-0.1, -0.05) is 6.07 Å². The largest absolute Gasteiger partial charge is 0.387 e. The van der Waals surface area contributed by atoms with Crippen LogP contribution in [0.1, 0.15) is 0 Å². The number of amides is 1. The van der Waals surface area contributed by atoms with Gasteiger partial charge in [-0.2, -0.15) is 0 Å². The van der Waals surface area contributed by atoms with Crippen LogP contribution in [0.5, 0.6) is 0 Å². The van der Waals surface area contributed by atoms with Crippen LogP contribution in [-0.4, -0.2) is 26.0 Å². The van der Waals surface area contributed by atoms with Gasteiger partial charge in [-0.15, -0.1) is 0 Å². The van der Waals surface area contributed by atoms with E-state index >= 15 is 0 Å². The van der Waals surface area contributed by atoms with Gasteiger partial charge in [0.25, 0.3) is 10.0 Å². The lowest BCUT2D eigenvalue weighted by Gasteiger charge is -2.10. The van der Waals surface area contributed by atoms with Gasteiger partial charge >= 0.3 is 0 Å². The van der Waals surface area contributed by atoms with Crippen LogP contribution in [0.4, 0.5) is 20.2 Å². The molecule has 122 valence electrons. The number of anilines is 2. The molecule has 0 radical (unpaired) electrons. The second kappa shape index (κ2) is 6.71. The number of carbonyl (C=O) groups is 1. The Morgan fingerprint density at radius 2 is 1.74 bits per heavy atom. The fraction of sp³-hybridized carbons (Fsp3) is 0.0714. The number of nitrogens with one attached hydrogen (secondary N) is 2. The molecule has 2 aromatic carbocycles. The highest BCUT2D eigenvalue weighted by Gasteiger charge is 2.17. The maximum absolute atomic E-state index is 13.2. The summed E-state index contributed by atoms with van der Waals surface area (Å²) in [6.45, 7) is -0.717. The SMILES string of the molecule is O=C(CO)Nc1cccc(NS(=O)(=O)c2ccc(F)c(F)c2)c1. The maximum atomic E-state index is 13.2. The molecule has 3 N–H and O–H groups in total. The van der Waals surface area contributed by atoms with Crippen molar-refractivity contribution in [3.8, 4) is 0 Å². The first-order chi connectivity index (χ1) is 10.8. The van der Waals surface area contributed by atoms with Crippen molar-refractivity contribution >= 4 is 27.3 Å². The Morgan fingerprint density at radius 3 is 2.39 bits per heavy atom. The minimum Gasteiger partial charge on any atom is -0.387 e. The summed E-state index contributed by atoms with van der Waals surface area (Å²) in [4.78, 5) is 10.6. The van der Waals surface area contributed by atoms with Crippen LogP contribution in [0.3, 0.4) is 0 Å². The van der Waals surface area contributed by atoms with Crippen molar-refractivity contribution in [3.63, 3.8) is 0 Å². The summed E-state index contributed by atoms with van der Waals surface area (Å²) >= 11 is 0. The third-order valence-electron chi connectivity index (χ3n) is 2.74. The first-order valence-corrected chi connectivity index (χ1v) is 7.79. The van der Waals surface area contributed by atoms with E-state index in [1.165, 1.54) is 24.3 Å². The summed E-state index contributed by atoms with van der Waals surface area (Å²) in [5.74, 6) is -3.10. The van der Waals surface area contributed by atoms with Crippen LogP contribution in [-0.2, 0) is 14.8 Å². The van der Waals surface area contributed by atoms with E-state index < -0.39 is 39.1 Å². The topological polar surface area (TPSA) is 95.5 Å². The zero-order valence-electron chi connectivity index (χ0n) is 11.6. The lowest BCUT2D eigenvalue weighted by atomic mass is 10.3. The molecule has 2 aromatic rings. The molecule has 0 saturated heterocycles. The van der Waals surface area contributed by atoms with Crippen LogP contribution in [0.25, 0.3) is 0 Å².